The molecule has 0 saturated carbocycles. The number of hydrogen-bond acceptors (Lipinski definition) is 6. The molecule has 180 valence electrons. The van der Waals surface area contributed by atoms with Crippen molar-refractivity contribution in [2.24, 2.45) is 0 Å². The van der Waals surface area contributed by atoms with Gasteiger partial charge in [-0.15, -0.1) is 0 Å². The molecular formula is C25H28ClFN4O3. The Kier molecular flexibility index (Phi) is 8.65. The topological polar surface area (TPSA) is 70.8 Å². The van der Waals surface area contributed by atoms with Gasteiger partial charge in [-0.1, -0.05) is 41.9 Å². The third-order valence-corrected chi connectivity index (χ3v) is 6.00. The van der Waals surface area contributed by atoms with Gasteiger partial charge in [0.1, 0.15) is 12.1 Å². The first-order chi connectivity index (χ1) is 16.6. The highest BCUT2D eigenvalue weighted by Crippen LogP contribution is 2.20. The number of oxazole rings is 1. The first-order valence-corrected chi connectivity index (χ1v) is 11.7. The smallest absolute Gasteiger partial charge is 0.273 e. The maximum Gasteiger partial charge on any atom is 0.273 e. The van der Waals surface area contributed by atoms with E-state index in [0.717, 1.165) is 44.0 Å². The standard InChI is InChI=1S/C25H28ClFN4O3/c26-22-4-2-1-3-20(22)16-31(15-19-5-7-21(27)8-6-19)17-24-29-23(18-34-24)25(32)28-9-10-30-11-13-33-14-12-30/h1-8,18H,9-17H2,(H,28,32). The number of nitrogens with zero attached hydrogens (tertiary/aromatic N) is 3. The predicted octanol–water partition coefficient (Wildman–Crippen LogP) is 3.73. The van der Waals surface area contributed by atoms with Crippen molar-refractivity contribution in [1.82, 2.24) is 20.1 Å². The SMILES string of the molecule is O=C(NCCN1CCOCC1)c1coc(CN(Cc2ccc(F)cc2)Cc2ccccc2Cl)n1. The molecule has 1 N–H and O–H groups in total. The molecule has 3 aromatic rings. The summed E-state index contributed by atoms with van der Waals surface area (Å²) in [6, 6.07) is 14.0. The van der Waals surface area contributed by atoms with Gasteiger partial charge in [-0.05, 0) is 29.3 Å². The summed E-state index contributed by atoms with van der Waals surface area (Å²) in [5.74, 6) is -0.120. The zero-order valence-corrected chi connectivity index (χ0v) is 19.6. The van der Waals surface area contributed by atoms with E-state index in [9.17, 15) is 9.18 Å². The lowest BCUT2D eigenvalue weighted by Gasteiger charge is -2.26. The van der Waals surface area contributed by atoms with E-state index in [1.165, 1.54) is 18.4 Å². The minimum Gasteiger partial charge on any atom is -0.447 e. The third kappa shape index (κ3) is 7.11. The van der Waals surface area contributed by atoms with Gasteiger partial charge in [0.05, 0.1) is 19.8 Å². The van der Waals surface area contributed by atoms with E-state index in [1.54, 1.807) is 12.1 Å². The van der Waals surface area contributed by atoms with Crippen molar-refractivity contribution in [3.8, 4) is 0 Å². The summed E-state index contributed by atoms with van der Waals surface area (Å²) in [7, 11) is 0. The predicted molar refractivity (Wildman–Crippen MR) is 127 cm³/mol. The van der Waals surface area contributed by atoms with Crippen LogP contribution in [0.25, 0.3) is 0 Å². The van der Waals surface area contributed by atoms with E-state index in [2.05, 4.69) is 20.1 Å². The molecule has 0 aliphatic carbocycles. The monoisotopic (exact) mass is 486 g/mol. The molecule has 0 spiro atoms. The van der Waals surface area contributed by atoms with Gasteiger partial charge in [0.25, 0.3) is 5.91 Å². The maximum absolute atomic E-state index is 13.3. The van der Waals surface area contributed by atoms with Crippen LogP contribution >= 0.6 is 11.6 Å². The summed E-state index contributed by atoms with van der Waals surface area (Å²) in [5.41, 5.74) is 2.15. The van der Waals surface area contributed by atoms with Crippen molar-refractivity contribution in [2.75, 3.05) is 39.4 Å². The lowest BCUT2D eigenvalue weighted by Crippen LogP contribution is -2.41. The van der Waals surface area contributed by atoms with Crippen LogP contribution in [-0.4, -0.2) is 60.1 Å². The van der Waals surface area contributed by atoms with Crippen LogP contribution in [0.15, 0.2) is 59.2 Å². The molecule has 1 aliphatic heterocycles. The second kappa shape index (κ2) is 12.1. The van der Waals surface area contributed by atoms with Crippen LogP contribution in [0.5, 0.6) is 0 Å². The van der Waals surface area contributed by atoms with Gasteiger partial charge in [0.2, 0.25) is 5.89 Å². The Bertz CT molecular complexity index is 1070. The van der Waals surface area contributed by atoms with Crippen molar-refractivity contribution in [2.45, 2.75) is 19.6 Å². The number of ether oxygens (including phenoxy) is 1. The quantitative estimate of drug-likeness (QED) is 0.471. The average Bonchev–Trinajstić information content (AvgIpc) is 3.31. The molecule has 1 amide bonds. The van der Waals surface area contributed by atoms with Crippen molar-refractivity contribution in [3.63, 3.8) is 0 Å². The normalized spacial score (nSPS) is 14.4. The Balaban J connectivity index is 1.37. The van der Waals surface area contributed by atoms with Gasteiger partial charge < -0.3 is 14.5 Å². The zero-order chi connectivity index (χ0) is 23.8. The Morgan fingerprint density at radius 3 is 2.62 bits per heavy atom. The summed E-state index contributed by atoms with van der Waals surface area (Å²) in [6.07, 6.45) is 1.38. The highest BCUT2D eigenvalue weighted by atomic mass is 35.5. The average molecular weight is 487 g/mol. The summed E-state index contributed by atoms with van der Waals surface area (Å²) in [4.78, 5) is 21.2. The number of rotatable bonds is 10. The van der Waals surface area contributed by atoms with Crippen molar-refractivity contribution < 1.29 is 18.3 Å². The van der Waals surface area contributed by atoms with Gasteiger partial charge in [0.15, 0.2) is 5.69 Å². The molecule has 7 nitrogen and oxygen atoms in total. The van der Waals surface area contributed by atoms with Gasteiger partial charge in [-0.25, -0.2) is 9.37 Å². The fourth-order valence-corrected chi connectivity index (χ4v) is 4.00. The number of amides is 1. The Hall–Kier alpha value is -2.78. The lowest BCUT2D eigenvalue weighted by molar-refractivity contribution is 0.0383. The molecular weight excluding hydrogens is 459 g/mol. The molecule has 0 atom stereocenters. The van der Waals surface area contributed by atoms with Gasteiger partial charge in [-0.3, -0.25) is 14.6 Å². The van der Waals surface area contributed by atoms with Crippen LogP contribution in [0.4, 0.5) is 4.39 Å². The fourth-order valence-electron chi connectivity index (χ4n) is 3.81. The molecule has 1 fully saturated rings. The van der Waals surface area contributed by atoms with Crippen LogP contribution in [-0.2, 0) is 24.4 Å². The molecule has 0 bridgehead atoms. The molecule has 2 aromatic carbocycles. The Morgan fingerprint density at radius 1 is 1.09 bits per heavy atom. The summed E-state index contributed by atoms with van der Waals surface area (Å²) >= 11 is 6.37. The zero-order valence-electron chi connectivity index (χ0n) is 18.9. The Morgan fingerprint density at radius 2 is 1.85 bits per heavy atom. The summed E-state index contributed by atoms with van der Waals surface area (Å²) < 4.78 is 24.3. The highest BCUT2D eigenvalue weighted by Gasteiger charge is 2.17. The van der Waals surface area contributed by atoms with Crippen LogP contribution < -0.4 is 5.32 Å². The molecule has 1 aromatic heterocycles. The molecule has 1 aliphatic rings. The number of aromatic nitrogens is 1. The molecule has 0 radical (unpaired) electrons. The number of benzene rings is 2. The second-order valence-corrected chi connectivity index (χ2v) is 8.61. The van der Waals surface area contributed by atoms with E-state index in [0.29, 0.717) is 37.1 Å². The number of halogens is 2. The number of hydrogen-bond donors (Lipinski definition) is 1. The second-order valence-electron chi connectivity index (χ2n) is 8.20. The van der Waals surface area contributed by atoms with Crippen molar-refractivity contribution in [3.05, 3.63) is 88.3 Å². The molecule has 0 unspecified atom stereocenters. The minimum absolute atomic E-state index is 0.247. The number of carbonyl (C=O) groups is 1. The largest absolute Gasteiger partial charge is 0.447 e. The van der Waals surface area contributed by atoms with E-state index in [1.807, 2.05) is 24.3 Å². The van der Waals surface area contributed by atoms with E-state index >= 15 is 0 Å². The van der Waals surface area contributed by atoms with E-state index in [-0.39, 0.29) is 17.4 Å². The lowest BCUT2D eigenvalue weighted by atomic mass is 10.1. The van der Waals surface area contributed by atoms with Gasteiger partial charge in [-0.2, -0.15) is 0 Å². The van der Waals surface area contributed by atoms with E-state index in [4.69, 9.17) is 20.8 Å². The van der Waals surface area contributed by atoms with Crippen LogP contribution in [0, 0.1) is 5.82 Å². The van der Waals surface area contributed by atoms with Crippen molar-refractivity contribution >= 4 is 17.5 Å². The summed E-state index contributed by atoms with van der Waals surface area (Å²) in [5, 5.41) is 3.56. The minimum atomic E-state index is -0.279. The van der Waals surface area contributed by atoms with Crippen LogP contribution in [0.1, 0.15) is 27.5 Å². The van der Waals surface area contributed by atoms with Gasteiger partial charge in [0, 0.05) is 44.3 Å². The summed E-state index contributed by atoms with van der Waals surface area (Å²) in [6.45, 7) is 5.94. The first-order valence-electron chi connectivity index (χ1n) is 11.3. The van der Waals surface area contributed by atoms with Crippen LogP contribution in [0.3, 0.4) is 0 Å². The number of morpholine rings is 1. The van der Waals surface area contributed by atoms with Gasteiger partial charge >= 0.3 is 0 Å². The molecule has 2 heterocycles. The first kappa shape index (κ1) is 24.3. The van der Waals surface area contributed by atoms with Crippen molar-refractivity contribution in [1.29, 1.82) is 0 Å². The molecule has 4 rings (SSSR count). The van der Waals surface area contributed by atoms with E-state index < -0.39 is 0 Å². The fraction of sp³-hybridized carbons (Fsp3) is 0.360. The number of nitrogens with one attached hydrogen (secondary N) is 1. The number of carbonyl (C=O) groups excluding carboxylic acids is 1. The highest BCUT2D eigenvalue weighted by molar-refractivity contribution is 6.31. The molecule has 9 heteroatoms. The third-order valence-electron chi connectivity index (χ3n) is 5.63. The molecule has 1 saturated heterocycles. The van der Waals surface area contributed by atoms with Crippen LogP contribution in [0.2, 0.25) is 5.02 Å². The molecule has 34 heavy (non-hydrogen) atoms. The Labute approximate surface area is 203 Å². The maximum atomic E-state index is 13.3.